The molecule has 0 heterocycles. The average Bonchev–Trinajstić information content (AvgIpc) is 2.41. The van der Waals surface area contributed by atoms with E-state index in [-0.39, 0.29) is 11.6 Å². The molecule has 0 aliphatic rings. The smallest absolute Gasteiger partial charge is 0.336 e. The van der Waals surface area contributed by atoms with Crippen molar-refractivity contribution in [1.29, 1.82) is 0 Å². The first-order valence-corrected chi connectivity index (χ1v) is 6.90. The van der Waals surface area contributed by atoms with Gasteiger partial charge in [0.1, 0.15) is 0 Å². The van der Waals surface area contributed by atoms with Gasteiger partial charge in [0.2, 0.25) is 0 Å². The van der Waals surface area contributed by atoms with Crippen molar-refractivity contribution in [3.05, 3.63) is 29.3 Å². The fourth-order valence-corrected chi connectivity index (χ4v) is 1.95. The van der Waals surface area contributed by atoms with Gasteiger partial charge in [-0.25, -0.2) is 9.59 Å². The molecule has 2 N–H and O–H groups in total. The van der Waals surface area contributed by atoms with Gasteiger partial charge < -0.3 is 15.3 Å². The quantitative estimate of drug-likeness (QED) is 0.838. The Bertz CT molecular complexity index is 486. The van der Waals surface area contributed by atoms with Crippen molar-refractivity contribution in [3.63, 3.8) is 0 Å². The van der Waals surface area contributed by atoms with E-state index < -0.39 is 5.97 Å². The Balaban J connectivity index is 2.84. The zero-order valence-electron chi connectivity index (χ0n) is 12.3. The maximum absolute atomic E-state index is 12.2. The van der Waals surface area contributed by atoms with E-state index in [9.17, 15) is 9.59 Å². The molecule has 0 aliphatic carbocycles. The summed E-state index contributed by atoms with van der Waals surface area (Å²) in [5.74, 6) is -0.989. The molecule has 0 atom stereocenters. The lowest BCUT2D eigenvalue weighted by molar-refractivity contribution is 0.0696. The first-order valence-electron chi connectivity index (χ1n) is 6.90. The molecule has 0 saturated heterocycles. The lowest BCUT2D eigenvalue weighted by Crippen LogP contribution is -2.35. The number of rotatable bonds is 6. The first kappa shape index (κ1) is 16.0. The van der Waals surface area contributed by atoms with E-state index >= 15 is 0 Å². The Morgan fingerprint density at radius 2 is 2.00 bits per heavy atom. The second-order valence-corrected chi connectivity index (χ2v) is 4.65. The third-order valence-electron chi connectivity index (χ3n) is 3.26. The Kier molecular flexibility index (Phi) is 6.03. The number of carbonyl (C=O) groups is 2. The van der Waals surface area contributed by atoms with E-state index in [1.165, 1.54) is 6.07 Å². The normalized spacial score (nSPS) is 10.2. The lowest BCUT2D eigenvalue weighted by atomic mass is 10.1. The second kappa shape index (κ2) is 7.53. The zero-order chi connectivity index (χ0) is 15.1. The summed E-state index contributed by atoms with van der Waals surface area (Å²) in [6.07, 6.45) is 1.98. The minimum Gasteiger partial charge on any atom is -0.478 e. The van der Waals surface area contributed by atoms with Crippen molar-refractivity contribution in [2.24, 2.45) is 0 Å². The number of anilines is 1. The first-order chi connectivity index (χ1) is 9.51. The van der Waals surface area contributed by atoms with Crippen molar-refractivity contribution in [2.45, 2.75) is 33.6 Å². The molecule has 5 nitrogen and oxygen atoms in total. The Hall–Kier alpha value is -2.04. The Labute approximate surface area is 119 Å². The Morgan fingerprint density at radius 3 is 2.55 bits per heavy atom. The Morgan fingerprint density at radius 1 is 1.30 bits per heavy atom. The maximum atomic E-state index is 12.2. The number of amides is 2. The summed E-state index contributed by atoms with van der Waals surface area (Å²) in [6, 6.07) is 4.69. The molecule has 1 rings (SSSR count). The van der Waals surface area contributed by atoms with Crippen LogP contribution in [-0.4, -0.2) is 35.1 Å². The minimum absolute atomic E-state index is 0.188. The van der Waals surface area contributed by atoms with E-state index in [1.807, 2.05) is 6.92 Å². The molecule has 2 amide bonds. The molecule has 0 spiro atoms. The predicted molar refractivity (Wildman–Crippen MR) is 79.3 cm³/mol. The summed E-state index contributed by atoms with van der Waals surface area (Å²) in [6.45, 7) is 7.03. The van der Waals surface area contributed by atoms with Crippen LogP contribution in [0.25, 0.3) is 0 Å². The predicted octanol–water partition coefficient (Wildman–Crippen LogP) is 3.35. The van der Waals surface area contributed by atoms with Gasteiger partial charge in [0, 0.05) is 18.8 Å². The molecular formula is C15H22N2O3. The molecule has 20 heavy (non-hydrogen) atoms. The van der Waals surface area contributed by atoms with Gasteiger partial charge in [0.05, 0.1) is 5.56 Å². The molecule has 1 aromatic carbocycles. The van der Waals surface area contributed by atoms with Crippen LogP contribution in [-0.2, 0) is 0 Å². The van der Waals surface area contributed by atoms with Crippen LogP contribution in [0.2, 0.25) is 0 Å². The number of carboxylic acids is 1. The van der Waals surface area contributed by atoms with Gasteiger partial charge in [0.15, 0.2) is 0 Å². The molecule has 0 bridgehead atoms. The fourth-order valence-electron chi connectivity index (χ4n) is 1.95. The van der Waals surface area contributed by atoms with Gasteiger partial charge in [-0.1, -0.05) is 19.4 Å². The van der Waals surface area contributed by atoms with E-state index in [0.717, 1.165) is 12.8 Å². The van der Waals surface area contributed by atoms with Crippen LogP contribution >= 0.6 is 0 Å². The van der Waals surface area contributed by atoms with Crippen LogP contribution in [0.4, 0.5) is 10.5 Å². The number of nitrogens with one attached hydrogen (secondary N) is 1. The lowest BCUT2D eigenvalue weighted by Gasteiger charge is -2.22. The molecule has 110 valence electrons. The number of urea groups is 1. The molecule has 0 radical (unpaired) electrons. The number of nitrogens with zero attached hydrogens (tertiary/aromatic N) is 1. The van der Waals surface area contributed by atoms with Gasteiger partial charge in [-0.15, -0.1) is 0 Å². The van der Waals surface area contributed by atoms with Gasteiger partial charge >= 0.3 is 12.0 Å². The molecule has 0 saturated carbocycles. The number of hydrogen-bond acceptors (Lipinski definition) is 2. The van der Waals surface area contributed by atoms with E-state index in [1.54, 1.807) is 24.0 Å². The summed E-state index contributed by atoms with van der Waals surface area (Å²) >= 11 is 0. The summed E-state index contributed by atoms with van der Waals surface area (Å²) in [4.78, 5) is 24.9. The summed E-state index contributed by atoms with van der Waals surface area (Å²) < 4.78 is 0. The van der Waals surface area contributed by atoms with E-state index in [4.69, 9.17) is 5.11 Å². The monoisotopic (exact) mass is 278 g/mol. The number of unbranched alkanes of at least 4 members (excludes halogenated alkanes) is 1. The molecule has 0 aliphatic heterocycles. The average molecular weight is 278 g/mol. The van der Waals surface area contributed by atoms with E-state index in [2.05, 4.69) is 12.2 Å². The fraction of sp³-hybridized carbons (Fsp3) is 0.467. The molecular weight excluding hydrogens is 256 g/mol. The number of aromatic carboxylic acids is 1. The molecule has 1 aromatic rings. The SMILES string of the molecule is CCCCN(CC)C(=O)Nc1cccc(C(=O)O)c1C. The van der Waals surface area contributed by atoms with Crippen molar-refractivity contribution >= 4 is 17.7 Å². The van der Waals surface area contributed by atoms with Gasteiger partial charge in [0.25, 0.3) is 0 Å². The summed E-state index contributed by atoms with van der Waals surface area (Å²) in [7, 11) is 0. The van der Waals surface area contributed by atoms with Crippen LogP contribution in [0.5, 0.6) is 0 Å². The molecule has 0 unspecified atom stereocenters. The van der Waals surface area contributed by atoms with Gasteiger partial charge in [-0.05, 0) is 38.0 Å². The van der Waals surface area contributed by atoms with Gasteiger partial charge in [-0.2, -0.15) is 0 Å². The second-order valence-electron chi connectivity index (χ2n) is 4.65. The van der Waals surface area contributed by atoms with Crippen molar-refractivity contribution < 1.29 is 14.7 Å². The minimum atomic E-state index is -0.989. The van der Waals surface area contributed by atoms with Crippen molar-refractivity contribution in [1.82, 2.24) is 4.90 Å². The molecule has 0 aromatic heterocycles. The van der Waals surface area contributed by atoms with Crippen molar-refractivity contribution in [2.75, 3.05) is 18.4 Å². The van der Waals surface area contributed by atoms with Crippen LogP contribution in [0, 0.1) is 6.92 Å². The molecule has 5 heteroatoms. The van der Waals surface area contributed by atoms with Crippen LogP contribution in [0.3, 0.4) is 0 Å². The van der Waals surface area contributed by atoms with Crippen LogP contribution < -0.4 is 5.32 Å². The highest BCUT2D eigenvalue weighted by Crippen LogP contribution is 2.19. The largest absolute Gasteiger partial charge is 0.478 e. The third-order valence-corrected chi connectivity index (χ3v) is 3.26. The van der Waals surface area contributed by atoms with Crippen LogP contribution in [0.1, 0.15) is 42.6 Å². The maximum Gasteiger partial charge on any atom is 0.336 e. The highest BCUT2D eigenvalue weighted by molar-refractivity contribution is 5.95. The van der Waals surface area contributed by atoms with Crippen LogP contribution in [0.15, 0.2) is 18.2 Å². The van der Waals surface area contributed by atoms with Crippen molar-refractivity contribution in [3.8, 4) is 0 Å². The zero-order valence-corrected chi connectivity index (χ0v) is 12.3. The topological polar surface area (TPSA) is 69.6 Å². The highest BCUT2D eigenvalue weighted by atomic mass is 16.4. The number of carboxylic acid groups (broad SMARTS) is 1. The molecule has 0 fully saturated rings. The van der Waals surface area contributed by atoms with Gasteiger partial charge in [-0.3, -0.25) is 0 Å². The third kappa shape index (κ3) is 3.98. The summed E-state index contributed by atoms with van der Waals surface area (Å²) in [5.41, 5.74) is 1.32. The number of carbonyl (C=O) groups excluding carboxylic acids is 1. The standard InChI is InChI=1S/C15H22N2O3/c1-4-6-10-17(5-2)15(20)16-13-9-7-8-12(11(13)3)14(18)19/h7-9H,4-6,10H2,1-3H3,(H,16,20)(H,18,19). The van der Waals surface area contributed by atoms with E-state index in [0.29, 0.717) is 24.3 Å². The number of hydrogen-bond donors (Lipinski definition) is 2. The highest BCUT2D eigenvalue weighted by Gasteiger charge is 2.15. The summed E-state index contributed by atoms with van der Waals surface area (Å²) in [5, 5.41) is 11.9. The number of benzene rings is 1.